The normalized spacial score (nSPS) is 10.0. The lowest BCUT2D eigenvalue weighted by Gasteiger charge is -2.07. The van der Waals surface area contributed by atoms with Gasteiger partial charge in [0.1, 0.15) is 0 Å². The molecule has 3 aromatic rings. The SMILES string of the molecule is N#Cc1cccc(C(=O)Nc2ccc3ccccc3c2)c1. The lowest BCUT2D eigenvalue weighted by atomic mass is 10.1. The molecular weight excluding hydrogens is 260 g/mol. The van der Waals surface area contributed by atoms with Crippen LogP contribution >= 0.6 is 0 Å². The molecule has 1 N–H and O–H groups in total. The number of anilines is 1. The van der Waals surface area contributed by atoms with Crippen molar-refractivity contribution < 1.29 is 4.79 Å². The molecule has 0 atom stereocenters. The first-order valence-corrected chi connectivity index (χ1v) is 6.56. The number of fused-ring (bicyclic) bond motifs is 1. The summed E-state index contributed by atoms with van der Waals surface area (Å²) < 4.78 is 0. The molecule has 0 bridgehead atoms. The van der Waals surface area contributed by atoms with Crippen molar-refractivity contribution in [3.8, 4) is 6.07 Å². The summed E-state index contributed by atoms with van der Waals surface area (Å²) in [4.78, 5) is 12.2. The first kappa shape index (κ1) is 12.9. The molecule has 3 rings (SSSR count). The van der Waals surface area contributed by atoms with Crippen LogP contribution in [-0.2, 0) is 0 Å². The van der Waals surface area contributed by atoms with E-state index in [1.54, 1.807) is 24.3 Å². The summed E-state index contributed by atoms with van der Waals surface area (Å²) in [7, 11) is 0. The number of hydrogen-bond donors (Lipinski definition) is 1. The summed E-state index contributed by atoms with van der Waals surface area (Å²) >= 11 is 0. The Morgan fingerprint density at radius 3 is 2.52 bits per heavy atom. The third kappa shape index (κ3) is 2.75. The second-order valence-electron chi connectivity index (χ2n) is 4.71. The molecule has 0 aromatic heterocycles. The van der Waals surface area contributed by atoms with Gasteiger partial charge in [0.05, 0.1) is 11.6 Å². The molecule has 3 nitrogen and oxygen atoms in total. The number of amides is 1. The second kappa shape index (κ2) is 5.48. The molecule has 3 aromatic carbocycles. The second-order valence-corrected chi connectivity index (χ2v) is 4.71. The molecule has 100 valence electrons. The highest BCUT2D eigenvalue weighted by atomic mass is 16.1. The number of carbonyl (C=O) groups is 1. The topological polar surface area (TPSA) is 52.9 Å². The van der Waals surface area contributed by atoms with Gasteiger partial charge in [0, 0.05) is 11.3 Å². The minimum atomic E-state index is -0.220. The third-order valence-corrected chi connectivity index (χ3v) is 3.26. The molecule has 0 aliphatic carbocycles. The number of nitrogens with one attached hydrogen (secondary N) is 1. The fourth-order valence-electron chi connectivity index (χ4n) is 2.20. The Bertz CT molecular complexity index is 862. The highest BCUT2D eigenvalue weighted by molar-refractivity contribution is 6.05. The van der Waals surface area contributed by atoms with E-state index in [1.807, 2.05) is 48.5 Å². The average Bonchev–Trinajstić information content (AvgIpc) is 2.54. The van der Waals surface area contributed by atoms with E-state index in [4.69, 9.17) is 5.26 Å². The zero-order chi connectivity index (χ0) is 14.7. The molecule has 0 unspecified atom stereocenters. The largest absolute Gasteiger partial charge is 0.322 e. The Morgan fingerprint density at radius 1 is 0.905 bits per heavy atom. The van der Waals surface area contributed by atoms with E-state index in [9.17, 15) is 4.79 Å². The Kier molecular flexibility index (Phi) is 3.36. The standard InChI is InChI=1S/C18H12N2O/c19-12-13-4-3-7-16(10-13)18(21)20-17-9-8-14-5-1-2-6-15(14)11-17/h1-11H,(H,20,21). The highest BCUT2D eigenvalue weighted by Gasteiger charge is 2.07. The molecule has 0 radical (unpaired) electrons. The predicted octanol–water partition coefficient (Wildman–Crippen LogP) is 3.96. The van der Waals surface area contributed by atoms with Gasteiger partial charge in [-0.25, -0.2) is 0 Å². The average molecular weight is 272 g/mol. The maximum atomic E-state index is 12.2. The van der Waals surface area contributed by atoms with E-state index in [-0.39, 0.29) is 5.91 Å². The number of nitrogens with zero attached hydrogens (tertiary/aromatic N) is 1. The fourth-order valence-corrected chi connectivity index (χ4v) is 2.20. The molecule has 1 amide bonds. The van der Waals surface area contributed by atoms with Gasteiger partial charge in [-0.2, -0.15) is 5.26 Å². The first-order valence-electron chi connectivity index (χ1n) is 6.56. The molecule has 0 spiro atoms. The van der Waals surface area contributed by atoms with Crippen molar-refractivity contribution in [1.29, 1.82) is 5.26 Å². The van der Waals surface area contributed by atoms with Crippen LogP contribution in [0.15, 0.2) is 66.7 Å². The zero-order valence-electron chi connectivity index (χ0n) is 11.2. The molecule has 0 fully saturated rings. The summed E-state index contributed by atoms with van der Waals surface area (Å²) in [6.45, 7) is 0. The molecule has 0 heterocycles. The quantitative estimate of drug-likeness (QED) is 0.767. The lowest BCUT2D eigenvalue weighted by molar-refractivity contribution is 0.102. The summed E-state index contributed by atoms with van der Waals surface area (Å²) in [6.07, 6.45) is 0. The van der Waals surface area contributed by atoms with Gasteiger partial charge in [-0.15, -0.1) is 0 Å². The predicted molar refractivity (Wildman–Crippen MR) is 83.1 cm³/mol. The van der Waals surface area contributed by atoms with Crippen LogP contribution < -0.4 is 5.32 Å². The van der Waals surface area contributed by atoms with Crippen LogP contribution in [-0.4, -0.2) is 5.91 Å². The van der Waals surface area contributed by atoms with E-state index in [1.165, 1.54) is 0 Å². The van der Waals surface area contributed by atoms with Crippen molar-refractivity contribution in [2.24, 2.45) is 0 Å². The van der Waals surface area contributed by atoms with Crippen molar-refractivity contribution in [2.75, 3.05) is 5.32 Å². The highest BCUT2D eigenvalue weighted by Crippen LogP contribution is 2.19. The van der Waals surface area contributed by atoms with E-state index < -0.39 is 0 Å². The molecular formula is C18H12N2O. The Hall–Kier alpha value is -3.12. The van der Waals surface area contributed by atoms with E-state index in [2.05, 4.69) is 5.32 Å². The number of hydrogen-bond acceptors (Lipinski definition) is 2. The minimum absolute atomic E-state index is 0.220. The molecule has 21 heavy (non-hydrogen) atoms. The smallest absolute Gasteiger partial charge is 0.255 e. The molecule has 0 saturated carbocycles. The minimum Gasteiger partial charge on any atom is -0.322 e. The Labute approximate surface area is 122 Å². The molecule has 0 saturated heterocycles. The number of rotatable bonds is 2. The van der Waals surface area contributed by atoms with E-state index in [0.717, 1.165) is 16.5 Å². The maximum absolute atomic E-state index is 12.2. The van der Waals surface area contributed by atoms with Gasteiger partial charge in [0.15, 0.2) is 0 Å². The van der Waals surface area contributed by atoms with E-state index in [0.29, 0.717) is 11.1 Å². The van der Waals surface area contributed by atoms with Gasteiger partial charge in [0.2, 0.25) is 0 Å². The van der Waals surface area contributed by atoms with Crippen LogP contribution in [0.1, 0.15) is 15.9 Å². The van der Waals surface area contributed by atoms with Gasteiger partial charge in [-0.3, -0.25) is 4.79 Å². The molecule has 0 aliphatic rings. The number of carbonyl (C=O) groups excluding carboxylic acids is 1. The maximum Gasteiger partial charge on any atom is 0.255 e. The van der Waals surface area contributed by atoms with Gasteiger partial charge >= 0.3 is 0 Å². The Balaban J connectivity index is 1.87. The lowest BCUT2D eigenvalue weighted by Crippen LogP contribution is -2.11. The molecule has 3 heteroatoms. The fraction of sp³-hybridized carbons (Fsp3) is 0. The monoisotopic (exact) mass is 272 g/mol. The van der Waals surface area contributed by atoms with Gasteiger partial charge in [-0.1, -0.05) is 36.4 Å². The number of nitriles is 1. The van der Waals surface area contributed by atoms with Crippen LogP contribution in [0, 0.1) is 11.3 Å². The van der Waals surface area contributed by atoms with Gasteiger partial charge < -0.3 is 5.32 Å². The van der Waals surface area contributed by atoms with Crippen LogP contribution in [0.3, 0.4) is 0 Å². The summed E-state index contributed by atoms with van der Waals surface area (Å²) in [5.41, 5.74) is 1.68. The van der Waals surface area contributed by atoms with Crippen molar-refractivity contribution in [2.45, 2.75) is 0 Å². The summed E-state index contributed by atoms with van der Waals surface area (Å²) in [5, 5.41) is 13.9. The van der Waals surface area contributed by atoms with E-state index >= 15 is 0 Å². The zero-order valence-corrected chi connectivity index (χ0v) is 11.2. The summed E-state index contributed by atoms with van der Waals surface area (Å²) in [6, 6.07) is 22.4. The van der Waals surface area contributed by atoms with Crippen molar-refractivity contribution in [3.05, 3.63) is 77.9 Å². The molecule has 0 aliphatic heterocycles. The number of benzene rings is 3. The van der Waals surface area contributed by atoms with Gasteiger partial charge in [0.25, 0.3) is 5.91 Å². The van der Waals surface area contributed by atoms with Crippen LogP contribution in [0.5, 0.6) is 0 Å². The van der Waals surface area contributed by atoms with Crippen LogP contribution in [0.4, 0.5) is 5.69 Å². The Morgan fingerprint density at radius 2 is 1.71 bits per heavy atom. The van der Waals surface area contributed by atoms with Crippen LogP contribution in [0.2, 0.25) is 0 Å². The van der Waals surface area contributed by atoms with Crippen molar-refractivity contribution >= 4 is 22.4 Å². The van der Waals surface area contributed by atoms with Gasteiger partial charge in [-0.05, 0) is 41.1 Å². The summed E-state index contributed by atoms with van der Waals surface area (Å²) in [5.74, 6) is -0.220. The third-order valence-electron chi connectivity index (χ3n) is 3.26. The van der Waals surface area contributed by atoms with Crippen molar-refractivity contribution in [1.82, 2.24) is 0 Å². The van der Waals surface area contributed by atoms with Crippen molar-refractivity contribution in [3.63, 3.8) is 0 Å². The van der Waals surface area contributed by atoms with Crippen LogP contribution in [0.25, 0.3) is 10.8 Å². The first-order chi connectivity index (χ1) is 10.3.